The number of nitrogens with one attached hydrogen (secondary N) is 1. The summed E-state index contributed by atoms with van der Waals surface area (Å²) in [6, 6.07) is 0. The Balaban J connectivity index is 2.43. The molecule has 2 aromatic heterocycles. The first-order chi connectivity index (χ1) is 11.8. The molecule has 1 N–H and O–H groups in total. The van der Waals surface area contributed by atoms with E-state index in [2.05, 4.69) is 10.4 Å². The molecule has 134 valence electrons. The quantitative estimate of drug-likeness (QED) is 0.816. The Morgan fingerprint density at radius 3 is 2.48 bits per heavy atom. The number of ether oxygens (including phenoxy) is 2. The standard InChI is InChI=1S/C16H19N3O5S/c1-6-24-16(22)12-8(2)11(15(21)23-5)14(25-12)18-13(20)10-7-17-19(4)9(10)3/h7H,6H2,1-5H3,(H,18,20). The average molecular weight is 365 g/mol. The summed E-state index contributed by atoms with van der Waals surface area (Å²) in [4.78, 5) is 36.9. The van der Waals surface area contributed by atoms with Gasteiger partial charge >= 0.3 is 11.9 Å². The molecule has 1 amide bonds. The van der Waals surface area contributed by atoms with Crippen molar-refractivity contribution in [2.75, 3.05) is 19.0 Å². The fraction of sp³-hybridized carbons (Fsp3) is 0.375. The van der Waals surface area contributed by atoms with Crippen LogP contribution in [0.2, 0.25) is 0 Å². The van der Waals surface area contributed by atoms with Crippen LogP contribution in [0.25, 0.3) is 0 Å². The summed E-state index contributed by atoms with van der Waals surface area (Å²) in [5, 5.41) is 6.93. The minimum absolute atomic E-state index is 0.144. The van der Waals surface area contributed by atoms with Gasteiger partial charge in [0.2, 0.25) is 0 Å². The van der Waals surface area contributed by atoms with Crippen LogP contribution in [-0.2, 0) is 16.5 Å². The van der Waals surface area contributed by atoms with E-state index in [-0.39, 0.29) is 22.0 Å². The lowest BCUT2D eigenvalue weighted by Crippen LogP contribution is -2.15. The van der Waals surface area contributed by atoms with Crippen molar-refractivity contribution in [2.45, 2.75) is 20.8 Å². The summed E-state index contributed by atoms with van der Waals surface area (Å²) in [5.74, 6) is -1.61. The summed E-state index contributed by atoms with van der Waals surface area (Å²) >= 11 is 0.979. The normalized spacial score (nSPS) is 10.4. The first kappa shape index (κ1) is 18.7. The predicted octanol–water partition coefficient (Wildman–Crippen LogP) is 2.31. The first-order valence-corrected chi connectivity index (χ1v) is 8.32. The number of aromatic nitrogens is 2. The van der Waals surface area contributed by atoms with Gasteiger partial charge < -0.3 is 14.8 Å². The molecule has 0 atom stereocenters. The van der Waals surface area contributed by atoms with E-state index in [9.17, 15) is 14.4 Å². The van der Waals surface area contributed by atoms with Crippen molar-refractivity contribution in [1.29, 1.82) is 0 Å². The lowest BCUT2D eigenvalue weighted by atomic mass is 10.1. The van der Waals surface area contributed by atoms with Gasteiger partial charge in [0.25, 0.3) is 5.91 Å². The van der Waals surface area contributed by atoms with E-state index in [0.29, 0.717) is 16.8 Å². The summed E-state index contributed by atoms with van der Waals surface area (Å²) in [6.07, 6.45) is 1.44. The van der Waals surface area contributed by atoms with Crippen LogP contribution in [0.3, 0.4) is 0 Å². The van der Waals surface area contributed by atoms with Gasteiger partial charge in [-0.3, -0.25) is 9.48 Å². The molecule has 9 heteroatoms. The van der Waals surface area contributed by atoms with Crippen molar-refractivity contribution in [1.82, 2.24) is 9.78 Å². The zero-order chi connectivity index (χ0) is 18.7. The largest absolute Gasteiger partial charge is 0.465 e. The van der Waals surface area contributed by atoms with Gasteiger partial charge in [-0.15, -0.1) is 11.3 Å². The molecule has 0 saturated carbocycles. The minimum atomic E-state index is -0.637. The van der Waals surface area contributed by atoms with Crippen molar-refractivity contribution < 1.29 is 23.9 Å². The van der Waals surface area contributed by atoms with Crippen molar-refractivity contribution in [3.05, 3.63) is 33.5 Å². The van der Waals surface area contributed by atoms with Gasteiger partial charge in [0.15, 0.2) is 0 Å². The molecule has 0 aliphatic carbocycles. The second kappa shape index (κ2) is 7.47. The number of rotatable bonds is 5. The third-order valence-electron chi connectivity index (χ3n) is 3.70. The minimum Gasteiger partial charge on any atom is -0.465 e. The lowest BCUT2D eigenvalue weighted by molar-refractivity contribution is 0.0531. The van der Waals surface area contributed by atoms with E-state index in [4.69, 9.17) is 9.47 Å². The number of esters is 2. The van der Waals surface area contributed by atoms with E-state index in [1.807, 2.05) is 0 Å². The summed E-state index contributed by atoms with van der Waals surface area (Å²) in [7, 11) is 2.96. The van der Waals surface area contributed by atoms with Crippen molar-refractivity contribution in [2.24, 2.45) is 7.05 Å². The Kier molecular flexibility index (Phi) is 5.58. The molecule has 0 saturated heterocycles. The molecule has 0 radical (unpaired) electrons. The van der Waals surface area contributed by atoms with E-state index in [1.54, 1.807) is 32.5 Å². The number of hydrogen-bond acceptors (Lipinski definition) is 7. The third kappa shape index (κ3) is 3.55. The zero-order valence-corrected chi connectivity index (χ0v) is 15.4. The Morgan fingerprint density at radius 1 is 1.28 bits per heavy atom. The SMILES string of the molecule is CCOC(=O)c1sc(NC(=O)c2cnn(C)c2C)c(C(=O)OC)c1C. The fourth-order valence-corrected chi connectivity index (χ4v) is 3.32. The molecule has 0 aliphatic heterocycles. The van der Waals surface area contributed by atoms with Gasteiger partial charge in [-0.25, -0.2) is 9.59 Å². The van der Waals surface area contributed by atoms with Crippen molar-refractivity contribution >= 4 is 34.2 Å². The Labute approximate surface area is 148 Å². The summed E-state index contributed by atoms with van der Waals surface area (Å²) in [5.41, 5.74) is 1.61. The molecule has 2 heterocycles. The van der Waals surface area contributed by atoms with E-state index in [1.165, 1.54) is 13.3 Å². The maximum atomic E-state index is 12.5. The first-order valence-electron chi connectivity index (χ1n) is 7.50. The van der Waals surface area contributed by atoms with Crippen molar-refractivity contribution in [3.8, 4) is 0 Å². The number of hydrogen-bond donors (Lipinski definition) is 1. The maximum Gasteiger partial charge on any atom is 0.348 e. The zero-order valence-electron chi connectivity index (χ0n) is 14.6. The number of thiophene rings is 1. The van der Waals surface area contributed by atoms with Crippen LogP contribution in [-0.4, -0.2) is 41.3 Å². The molecule has 2 aromatic rings. The summed E-state index contributed by atoms with van der Waals surface area (Å²) < 4.78 is 11.3. The number of amides is 1. The molecule has 0 spiro atoms. The van der Waals surface area contributed by atoms with Crippen LogP contribution in [0.5, 0.6) is 0 Å². The van der Waals surface area contributed by atoms with E-state index in [0.717, 1.165) is 11.3 Å². The highest BCUT2D eigenvalue weighted by Gasteiger charge is 2.27. The fourth-order valence-electron chi connectivity index (χ4n) is 2.23. The molecular weight excluding hydrogens is 346 g/mol. The third-order valence-corrected chi connectivity index (χ3v) is 4.89. The number of carbonyl (C=O) groups is 3. The van der Waals surface area contributed by atoms with Gasteiger partial charge in [0.1, 0.15) is 9.88 Å². The van der Waals surface area contributed by atoms with Crippen LogP contribution >= 0.6 is 11.3 Å². The van der Waals surface area contributed by atoms with Gasteiger partial charge in [0, 0.05) is 12.7 Å². The average Bonchev–Trinajstić information content (AvgIpc) is 3.07. The molecule has 8 nitrogen and oxygen atoms in total. The van der Waals surface area contributed by atoms with Gasteiger partial charge in [-0.05, 0) is 26.3 Å². The van der Waals surface area contributed by atoms with E-state index >= 15 is 0 Å². The smallest absolute Gasteiger partial charge is 0.348 e. The van der Waals surface area contributed by atoms with Crippen LogP contribution in [0, 0.1) is 13.8 Å². The molecule has 0 unspecified atom stereocenters. The highest BCUT2D eigenvalue weighted by atomic mass is 32.1. The van der Waals surface area contributed by atoms with Crippen molar-refractivity contribution in [3.63, 3.8) is 0 Å². The monoisotopic (exact) mass is 365 g/mol. The number of carbonyl (C=O) groups excluding carboxylic acids is 3. The Hall–Kier alpha value is -2.68. The highest BCUT2D eigenvalue weighted by Crippen LogP contribution is 2.34. The van der Waals surface area contributed by atoms with Crippen LogP contribution in [0.15, 0.2) is 6.20 Å². The second-order valence-corrected chi connectivity index (χ2v) is 6.21. The molecule has 0 aromatic carbocycles. The van der Waals surface area contributed by atoms with Gasteiger partial charge in [0.05, 0.1) is 31.0 Å². The van der Waals surface area contributed by atoms with Crippen LogP contribution < -0.4 is 5.32 Å². The number of methoxy groups -OCH3 is 1. The summed E-state index contributed by atoms with van der Waals surface area (Å²) in [6.45, 7) is 5.27. The lowest BCUT2D eigenvalue weighted by Gasteiger charge is -2.06. The highest BCUT2D eigenvalue weighted by molar-refractivity contribution is 7.18. The van der Waals surface area contributed by atoms with Gasteiger partial charge in [-0.2, -0.15) is 5.10 Å². The molecule has 2 rings (SSSR count). The molecule has 0 fully saturated rings. The molecule has 0 bridgehead atoms. The van der Waals surface area contributed by atoms with Crippen LogP contribution in [0.4, 0.5) is 5.00 Å². The van der Waals surface area contributed by atoms with Gasteiger partial charge in [-0.1, -0.05) is 0 Å². The Morgan fingerprint density at radius 2 is 1.96 bits per heavy atom. The second-order valence-electron chi connectivity index (χ2n) is 5.19. The topological polar surface area (TPSA) is 99.5 Å². The molecule has 0 aliphatic rings. The maximum absolute atomic E-state index is 12.5. The van der Waals surface area contributed by atoms with E-state index < -0.39 is 17.8 Å². The molecular formula is C16H19N3O5S. The predicted molar refractivity (Wildman–Crippen MR) is 92.3 cm³/mol. The number of aryl methyl sites for hydroxylation is 1. The number of nitrogens with zero attached hydrogens (tertiary/aromatic N) is 2. The Bertz CT molecular complexity index is 837. The molecule has 25 heavy (non-hydrogen) atoms. The van der Waals surface area contributed by atoms with Crippen LogP contribution in [0.1, 0.15) is 48.6 Å². The number of anilines is 1.